The lowest BCUT2D eigenvalue weighted by Crippen LogP contribution is -2.10. The maximum absolute atomic E-state index is 5.53. The first-order valence-electron chi connectivity index (χ1n) is 5.15. The summed E-state index contributed by atoms with van der Waals surface area (Å²) in [6.07, 6.45) is 4.68. The number of aromatic nitrogens is 2. The zero-order valence-corrected chi connectivity index (χ0v) is 9.19. The average Bonchev–Trinajstić information content (AvgIpc) is 2.70. The van der Waals surface area contributed by atoms with E-state index < -0.39 is 0 Å². The summed E-state index contributed by atoms with van der Waals surface area (Å²) in [5.74, 6) is 0.923. The van der Waals surface area contributed by atoms with Crippen LogP contribution in [0.2, 0.25) is 0 Å². The van der Waals surface area contributed by atoms with Crippen LogP contribution in [0.15, 0.2) is 12.4 Å². The molecule has 0 aliphatic rings. The van der Waals surface area contributed by atoms with Crippen LogP contribution in [0, 0.1) is 0 Å². The van der Waals surface area contributed by atoms with Crippen molar-refractivity contribution >= 4 is 0 Å². The summed E-state index contributed by atoms with van der Waals surface area (Å²) in [5, 5.41) is 0. The third kappa shape index (κ3) is 4.42. The van der Waals surface area contributed by atoms with E-state index >= 15 is 0 Å². The number of aryl methyl sites for hydroxylation is 1. The van der Waals surface area contributed by atoms with Crippen LogP contribution in [0.1, 0.15) is 12.2 Å². The monoisotopic (exact) mass is 213 g/mol. The van der Waals surface area contributed by atoms with Crippen molar-refractivity contribution < 1.29 is 9.47 Å². The Kier molecular flexibility index (Phi) is 5.99. The topological polar surface area (TPSA) is 62.3 Å². The molecule has 0 spiro atoms. The molecule has 0 fully saturated rings. The van der Waals surface area contributed by atoms with Gasteiger partial charge in [-0.25, -0.2) is 4.98 Å². The van der Waals surface area contributed by atoms with Crippen LogP contribution in [0.25, 0.3) is 0 Å². The molecule has 86 valence electrons. The summed E-state index contributed by atoms with van der Waals surface area (Å²) in [7, 11) is 1.67. The van der Waals surface area contributed by atoms with Crippen molar-refractivity contribution in [3.8, 4) is 0 Å². The molecule has 0 radical (unpaired) electrons. The van der Waals surface area contributed by atoms with E-state index in [0.717, 1.165) is 25.4 Å². The molecule has 15 heavy (non-hydrogen) atoms. The zero-order valence-electron chi connectivity index (χ0n) is 9.19. The van der Waals surface area contributed by atoms with Crippen LogP contribution in [0.3, 0.4) is 0 Å². The minimum atomic E-state index is 0.484. The number of rotatable bonds is 8. The Morgan fingerprint density at radius 2 is 2.27 bits per heavy atom. The second-order valence-electron chi connectivity index (χ2n) is 3.20. The van der Waals surface area contributed by atoms with Crippen LogP contribution in [-0.2, 0) is 22.6 Å². The highest BCUT2D eigenvalue weighted by molar-refractivity contribution is 4.90. The largest absolute Gasteiger partial charge is 0.382 e. The van der Waals surface area contributed by atoms with E-state index in [1.54, 1.807) is 13.3 Å². The van der Waals surface area contributed by atoms with E-state index in [0.29, 0.717) is 19.8 Å². The average molecular weight is 213 g/mol. The summed E-state index contributed by atoms with van der Waals surface area (Å²) >= 11 is 0. The van der Waals surface area contributed by atoms with Gasteiger partial charge in [-0.1, -0.05) is 0 Å². The number of nitrogens with two attached hydrogens (primary N) is 1. The van der Waals surface area contributed by atoms with Gasteiger partial charge in [0, 0.05) is 32.7 Å². The molecule has 5 nitrogen and oxygen atoms in total. The quantitative estimate of drug-likeness (QED) is 0.635. The fourth-order valence-corrected chi connectivity index (χ4v) is 1.31. The first kappa shape index (κ1) is 12.2. The molecule has 0 amide bonds. The van der Waals surface area contributed by atoms with Crippen molar-refractivity contribution in [2.45, 2.75) is 19.5 Å². The molecule has 0 aliphatic heterocycles. The Morgan fingerprint density at radius 3 is 3.00 bits per heavy atom. The van der Waals surface area contributed by atoms with Crippen LogP contribution < -0.4 is 5.73 Å². The number of hydrogen-bond acceptors (Lipinski definition) is 4. The molecule has 1 rings (SSSR count). The summed E-state index contributed by atoms with van der Waals surface area (Å²) in [6, 6.07) is 0. The highest BCUT2D eigenvalue weighted by Crippen LogP contribution is 1.98. The fourth-order valence-electron chi connectivity index (χ4n) is 1.31. The van der Waals surface area contributed by atoms with Gasteiger partial charge in [0.25, 0.3) is 0 Å². The predicted molar refractivity (Wildman–Crippen MR) is 57.4 cm³/mol. The van der Waals surface area contributed by atoms with Gasteiger partial charge < -0.3 is 19.8 Å². The van der Waals surface area contributed by atoms with Gasteiger partial charge in [-0.2, -0.15) is 0 Å². The van der Waals surface area contributed by atoms with E-state index in [4.69, 9.17) is 15.2 Å². The zero-order chi connectivity index (χ0) is 10.9. The second-order valence-corrected chi connectivity index (χ2v) is 3.20. The number of nitrogens with zero attached hydrogens (tertiary/aromatic N) is 2. The van der Waals surface area contributed by atoms with Crippen molar-refractivity contribution in [3.05, 3.63) is 18.2 Å². The van der Waals surface area contributed by atoms with Gasteiger partial charge in [0.05, 0.1) is 19.8 Å². The van der Waals surface area contributed by atoms with Gasteiger partial charge in [-0.15, -0.1) is 0 Å². The molecule has 0 saturated heterocycles. The minimum Gasteiger partial charge on any atom is -0.382 e. The molecule has 0 atom stereocenters. The lowest BCUT2D eigenvalue weighted by molar-refractivity contribution is 0.0679. The van der Waals surface area contributed by atoms with Crippen molar-refractivity contribution in [1.29, 1.82) is 0 Å². The lowest BCUT2D eigenvalue weighted by atomic mass is 10.4. The normalized spacial score (nSPS) is 10.8. The van der Waals surface area contributed by atoms with E-state index in [1.165, 1.54) is 0 Å². The van der Waals surface area contributed by atoms with Crippen molar-refractivity contribution in [2.75, 3.05) is 26.9 Å². The predicted octanol–water partition coefficient (Wildman–Crippen LogP) is 0.395. The Balaban J connectivity index is 2.09. The SMILES string of the molecule is COCCOCCCn1ccnc1CN. The Morgan fingerprint density at radius 1 is 1.40 bits per heavy atom. The number of ether oxygens (including phenoxy) is 2. The minimum absolute atomic E-state index is 0.484. The maximum Gasteiger partial charge on any atom is 0.122 e. The smallest absolute Gasteiger partial charge is 0.122 e. The molecule has 0 unspecified atom stereocenters. The standard InChI is InChI=1S/C10H19N3O2/c1-14-7-8-15-6-2-4-13-5-3-12-10(13)9-11/h3,5H,2,4,6-9,11H2,1H3. The van der Waals surface area contributed by atoms with Crippen molar-refractivity contribution in [2.24, 2.45) is 5.73 Å². The summed E-state index contributed by atoms with van der Waals surface area (Å²) in [4.78, 5) is 4.14. The van der Waals surface area contributed by atoms with Crippen molar-refractivity contribution in [3.63, 3.8) is 0 Å². The van der Waals surface area contributed by atoms with Gasteiger partial charge in [0.1, 0.15) is 5.82 Å². The molecule has 2 N–H and O–H groups in total. The summed E-state index contributed by atoms with van der Waals surface area (Å²) in [6.45, 7) is 3.44. The van der Waals surface area contributed by atoms with Gasteiger partial charge >= 0.3 is 0 Å². The third-order valence-corrected chi connectivity index (χ3v) is 2.10. The molecule has 0 aromatic carbocycles. The van der Waals surface area contributed by atoms with Gasteiger partial charge in [-0.05, 0) is 6.42 Å². The lowest BCUT2D eigenvalue weighted by Gasteiger charge is -2.06. The third-order valence-electron chi connectivity index (χ3n) is 2.10. The number of methoxy groups -OCH3 is 1. The van der Waals surface area contributed by atoms with Gasteiger partial charge in [0.2, 0.25) is 0 Å². The first-order chi connectivity index (χ1) is 7.38. The van der Waals surface area contributed by atoms with Gasteiger partial charge in [-0.3, -0.25) is 0 Å². The highest BCUT2D eigenvalue weighted by Gasteiger charge is 1.99. The molecule has 0 bridgehead atoms. The summed E-state index contributed by atoms with van der Waals surface area (Å²) < 4.78 is 12.3. The number of imidazole rings is 1. The Labute approximate surface area is 90.2 Å². The summed E-state index contributed by atoms with van der Waals surface area (Å²) in [5.41, 5.74) is 5.53. The Bertz CT molecular complexity index is 263. The second kappa shape index (κ2) is 7.39. The molecule has 0 aliphatic carbocycles. The van der Waals surface area contributed by atoms with Crippen LogP contribution in [0.4, 0.5) is 0 Å². The molecule has 0 saturated carbocycles. The Hall–Kier alpha value is -0.910. The molecule has 1 heterocycles. The number of hydrogen-bond donors (Lipinski definition) is 1. The van der Waals surface area contributed by atoms with Crippen LogP contribution in [-0.4, -0.2) is 36.5 Å². The van der Waals surface area contributed by atoms with Crippen LogP contribution >= 0.6 is 0 Å². The van der Waals surface area contributed by atoms with E-state index in [-0.39, 0.29) is 0 Å². The maximum atomic E-state index is 5.53. The van der Waals surface area contributed by atoms with E-state index in [2.05, 4.69) is 9.55 Å². The first-order valence-corrected chi connectivity index (χ1v) is 5.15. The molecule has 5 heteroatoms. The highest BCUT2D eigenvalue weighted by atomic mass is 16.5. The fraction of sp³-hybridized carbons (Fsp3) is 0.700. The molecule has 1 aromatic heterocycles. The molecular weight excluding hydrogens is 194 g/mol. The van der Waals surface area contributed by atoms with Crippen molar-refractivity contribution in [1.82, 2.24) is 9.55 Å². The van der Waals surface area contributed by atoms with Crippen LogP contribution in [0.5, 0.6) is 0 Å². The molecular formula is C10H19N3O2. The molecule has 1 aromatic rings. The van der Waals surface area contributed by atoms with E-state index in [1.807, 2.05) is 6.20 Å². The van der Waals surface area contributed by atoms with E-state index in [9.17, 15) is 0 Å². The van der Waals surface area contributed by atoms with Gasteiger partial charge in [0.15, 0.2) is 0 Å².